The van der Waals surface area contributed by atoms with Crippen LogP contribution in [-0.4, -0.2) is 45.7 Å². The molecule has 0 aromatic rings. The zero-order chi connectivity index (χ0) is 14.1. The molecule has 0 aromatic carbocycles. The number of carbonyl (C=O) groups excluding carboxylic acids is 1. The van der Waals surface area contributed by atoms with E-state index in [1.807, 2.05) is 0 Å². The topological polar surface area (TPSA) is 69.6 Å². The first kappa shape index (κ1) is 14.0. The fourth-order valence-electron chi connectivity index (χ4n) is 3.26. The molecule has 0 bridgehead atoms. The van der Waals surface area contributed by atoms with Crippen LogP contribution in [0.25, 0.3) is 0 Å². The molecule has 2 aliphatic carbocycles. The van der Waals surface area contributed by atoms with Crippen molar-refractivity contribution in [3.05, 3.63) is 0 Å². The van der Waals surface area contributed by atoms with Gasteiger partial charge in [-0.05, 0) is 37.5 Å². The third kappa shape index (κ3) is 2.90. The van der Waals surface area contributed by atoms with E-state index in [1.54, 1.807) is 16.7 Å². The van der Waals surface area contributed by atoms with Crippen LogP contribution in [0, 0.1) is 11.8 Å². The van der Waals surface area contributed by atoms with Crippen LogP contribution in [0.2, 0.25) is 0 Å². The predicted molar refractivity (Wildman–Crippen MR) is 77.6 cm³/mol. The lowest BCUT2D eigenvalue weighted by Crippen LogP contribution is -2.51. The standard InChI is InChI=1S/C14H22N2O3S/c17-13(18)11-8-20-12(10-5-6-10)16(11)14(19)15-7-9-3-1-2-4-9/h9-12H,1-8H2,(H,15,19)(H,17,18). The number of urea groups is 1. The van der Waals surface area contributed by atoms with E-state index in [-0.39, 0.29) is 11.4 Å². The Kier molecular flexibility index (Phi) is 4.10. The molecule has 2 N–H and O–H groups in total. The molecule has 2 saturated carbocycles. The Bertz CT molecular complexity index is 394. The number of rotatable bonds is 4. The molecular formula is C14H22N2O3S. The lowest BCUT2D eigenvalue weighted by molar-refractivity contribution is -0.141. The largest absolute Gasteiger partial charge is 0.480 e. The molecule has 6 heteroatoms. The van der Waals surface area contributed by atoms with Gasteiger partial charge in [0.2, 0.25) is 0 Å². The van der Waals surface area contributed by atoms with Crippen molar-refractivity contribution in [3.8, 4) is 0 Å². The van der Waals surface area contributed by atoms with E-state index in [0.717, 1.165) is 12.8 Å². The van der Waals surface area contributed by atoms with Gasteiger partial charge in [0, 0.05) is 12.3 Å². The summed E-state index contributed by atoms with van der Waals surface area (Å²) in [4.78, 5) is 25.3. The first-order valence-corrected chi connectivity index (χ1v) is 8.62. The quantitative estimate of drug-likeness (QED) is 0.834. The normalized spacial score (nSPS) is 30.7. The lowest BCUT2D eigenvalue weighted by Gasteiger charge is -2.28. The lowest BCUT2D eigenvalue weighted by atomic mass is 10.1. The van der Waals surface area contributed by atoms with Crippen LogP contribution >= 0.6 is 11.8 Å². The number of carbonyl (C=O) groups is 2. The van der Waals surface area contributed by atoms with Gasteiger partial charge in [-0.25, -0.2) is 9.59 Å². The van der Waals surface area contributed by atoms with Crippen molar-refractivity contribution in [1.82, 2.24) is 10.2 Å². The summed E-state index contributed by atoms with van der Waals surface area (Å²) in [5, 5.41) is 12.3. The van der Waals surface area contributed by atoms with Crippen molar-refractivity contribution in [2.75, 3.05) is 12.3 Å². The van der Waals surface area contributed by atoms with Crippen LogP contribution < -0.4 is 5.32 Å². The van der Waals surface area contributed by atoms with Gasteiger partial charge in [-0.15, -0.1) is 11.8 Å². The van der Waals surface area contributed by atoms with E-state index < -0.39 is 12.0 Å². The number of nitrogens with one attached hydrogen (secondary N) is 1. The number of amides is 2. The molecule has 1 saturated heterocycles. The average Bonchev–Trinajstić information content (AvgIpc) is 2.97. The molecule has 1 aliphatic heterocycles. The van der Waals surface area contributed by atoms with Gasteiger partial charge in [-0.1, -0.05) is 12.8 Å². The second-order valence-corrected chi connectivity index (χ2v) is 7.31. The molecule has 112 valence electrons. The zero-order valence-corrected chi connectivity index (χ0v) is 12.4. The summed E-state index contributed by atoms with van der Waals surface area (Å²) in [6.45, 7) is 0.698. The van der Waals surface area contributed by atoms with Crippen molar-refractivity contribution in [2.45, 2.75) is 49.9 Å². The molecule has 0 aromatic heterocycles. The number of hydrogen-bond donors (Lipinski definition) is 2. The third-order valence-electron chi connectivity index (χ3n) is 4.60. The van der Waals surface area contributed by atoms with Gasteiger partial charge in [0.05, 0.1) is 5.37 Å². The Morgan fingerprint density at radius 3 is 2.50 bits per heavy atom. The van der Waals surface area contributed by atoms with Crippen molar-refractivity contribution >= 4 is 23.8 Å². The van der Waals surface area contributed by atoms with Crippen molar-refractivity contribution in [1.29, 1.82) is 0 Å². The number of hydrogen-bond acceptors (Lipinski definition) is 3. The molecule has 3 fully saturated rings. The van der Waals surface area contributed by atoms with Gasteiger partial charge < -0.3 is 10.4 Å². The Morgan fingerprint density at radius 2 is 1.90 bits per heavy atom. The molecule has 2 amide bonds. The van der Waals surface area contributed by atoms with E-state index in [1.165, 1.54) is 25.7 Å². The molecule has 2 atom stereocenters. The fraction of sp³-hybridized carbons (Fsp3) is 0.857. The van der Waals surface area contributed by atoms with Gasteiger partial charge in [0.25, 0.3) is 0 Å². The van der Waals surface area contributed by atoms with Crippen molar-refractivity contribution in [2.24, 2.45) is 11.8 Å². The SMILES string of the molecule is O=C(O)C1CSC(C2CC2)N1C(=O)NCC1CCCC1. The van der Waals surface area contributed by atoms with Gasteiger partial charge in [-0.2, -0.15) is 0 Å². The minimum Gasteiger partial charge on any atom is -0.480 e. The smallest absolute Gasteiger partial charge is 0.327 e. The Hall–Kier alpha value is -0.910. The van der Waals surface area contributed by atoms with E-state index in [2.05, 4.69) is 5.32 Å². The highest BCUT2D eigenvalue weighted by Gasteiger charge is 2.48. The maximum absolute atomic E-state index is 12.4. The Balaban J connectivity index is 1.60. The number of thioether (sulfide) groups is 1. The molecular weight excluding hydrogens is 276 g/mol. The van der Waals surface area contributed by atoms with Crippen LogP contribution in [0.5, 0.6) is 0 Å². The fourth-order valence-corrected chi connectivity index (χ4v) is 4.89. The Morgan fingerprint density at radius 1 is 1.20 bits per heavy atom. The first-order chi connectivity index (χ1) is 9.66. The molecule has 2 unspecified atom stereocenters. The number of carboxylic acid groups (broad SMARTS) is 1. The molecule has 0 spiro atoms. The van der Waals surface area contributed by atoms with Crippen LogP contribution in [0.15, 0.2) is 0 Å². The maximum Gasteiger partial charge on any atom is 0.327 e. The molecule has 0 radical (unpaired) electrons. The van der Waals surface area contributed by atoms with E-state index in [9.17, 15) is 14.7 Å². The van der Waals surface area contributed by atoms with Crippen LogP contribution in [0.4, 0.5) is 4.79 Å². The molecule has 1 heterocycles. The zero-order valence-electron chi connectivity index (χ0n) is 11.6. The highest BCUT2D eigenvalue weighted by atomic mass is 32.2. The van der Waals surface area contributed by atoms with Crippen LogP contribution in [-0.2, 0) is 4.79 Å². The van der Waals surface area contributed by atoms with Crippen molar-refractivity contribution < 1.29 is 14.7 Å². The molecule has 3 aliphatic rings. The predicted octanol–water partition coefficient (Wildman–Crippen LogP) is 2.12. The number of aliphatic carboxylic acids is 1. The Labute approximate surface area is 123 Å². The monoisotopic (exact) mass is 298 g/mol. The minimum absolute atomic E-state index is 0.0691. The second kappa shape index (κ2) is 5.84. The second-order valence-electron chi connectivity index (χ2n) is 6.16. The summed E-state index contributed by atoms with van der Waals surface area (Å²) in [7, 11) is 0. The highest BCUT2D eigenvalue weighted by Crippen LogP contribution is 2.45. The summed E-state index contributed by atoms with van der Waals surface area (Å²) in [5.74, 6) is 0.725. The number of carboxylic acids is 1. The van der Waals surface area contributed by atoms with E-state index >= 15 is 0 Å². The molecule has 3 rings (SSSR count). The molecule has 20 heavy (non-hydrogen) atoms. The summed E-state index contributed by atoms with van der Waals surface area (Å²) in [5.41, 5.74) is 0. The van der Waals surface area contributed by atoms with Gasteiger partial charge in [-0.3, -0.25) is 4.90 Å². The maximum atomic E-state index is 12.4. The summed E-state index contributed by atoms with van der Waals surface area (Å²) < 4.78 is 0. The average molecular weight is 298 g/mol. The van der Waals surface area contributed by atoms with Gasteiger partial charge in [0.1, 0.15) is 6.04 Å². The van der Waals surface area contributed by atoms with Crippen LogP contribution in [0.1, 0.15) is 38.5 Å². The summed E-state index contributed by atoms with van der Waals surface area (Å²) in [6, 6.07) is -0.833. The molecule has 5 nitrogen and oxygen atoms in total. The van der Waals surface area contributed by atoms with Gasteiger partial charge >= 0.3 is 12.0 Å². The first-order valence-electron chi connectivity index (χ1n) is 7.57. The van der Waals surface area contributed by atoms with E-state index in [0.29, 0.717) is 24.1 Å². The summed E-state index contributed by atoms with van der Waals surface area (Å²) in [6.07, 6.45) is 7.12. The summed E-state index contributed by atoms with van der Waals surface area (Å²) >= 11 is 1.63. The third-order valence-corrected chi connectivity index (χ3v) is 6.06. The number of nitrogens with zero attached hydrogens (tertiary/aromatic N) is 1. The minimum atomic E-state index is -0.878. The van der Waals surface area contributed by atoms with Crippen molar-refractivity contribution in [3.63, 3.8) is 0 Å². The van der Waals surface area contributed by atoms with E-state index in [4.69, 9.17) is 0 Å². The van der Waals surface area contributed by atoms with Gasteiger partial charge in [0.15, 0.2) is 0 Å². The highest BCUT2D eigenvalue weighted by molar-refractivity contribution is 8.00. The van der Waals surface area contributed by atoms with Crippen LogP contribution in [0.3, 0.4) is 0 Å².